The monoisotopic (exact) mass is 358 g/mol. The Labute approximate surface area is 157 Å². The topological polar surface area (TPSA) is 71.4 Å². The number of nitrogens with one attached hydrogen (secondary N) is 1. The molecular weight excluding hydrogens is 340 g/mol. The van der Waals surface area contributed by atoms with E-state index in [1.54, 1.807) is 48.5 Å². The van der Waals surface area contributed by atoms with E-state index in [0.29, 0.717) is 35.8 Å². The number of nitrogens with zero attached hydrogens (tertiary/aromatic N) is 1. The molecule has 0 saturated heterocycles. The molecule has 0 atom stereocenters. The second-order valence-corrected chi connectivity index (χ2v) is 5.68. The normalized spacial score (nSPS) is 9.89. The highest BCUT2D eigenvalue weighted by Gasteiger charge is 2.07. The van der Waals surface area contributed by atoms with Gasteiger partial charge in [-0.15, -0.1) is 0 Å². The quantitative estimate of drug-likeness (QED) is 0.640. The Bertz CT molecular complexity index is 932. The first-order valence-electron chi connectivity index (χ1n) is 8.47. The Morgan fingerprint density at radius 1 is 0.852 bits per heavy atom. The van der Waals surface area contributed by atoms with Gasteiger partial charge in [0.05, 0.1) is 11.6 Å². The molecule has 5 nitrogen and oxygen atoms in total. The van der Waals surface area contributed by atoms with E-state index < -0.39 is 0 Å². The summed E-state index contributed by atoms with van der Waals surface area (Å²) in [6, 6.07) is 25.2. The molecule has 0 heterocycles. The molecule has 0 aliphatic carbocycles. The van der Waals surface area contributed by atoms with Crippen LogP contribution in [0.5, 0.6) is 11.5 Å². The maximum atomic E-state index is 12.3. The minimum absolute atomic E-state index is 0.246. The number of amides is 1. The highest BCUT2D eigenvalue weighted by atomic mass is 16.5. The summed E-state index contributed by atoms with van der Waals surface area (Å²) < 4.78 is 11.2. The summed E-state index contributed by atoms with van der Waals surface area (Å²) in [6.07, 6.45) is 0. The molecule has 1 amide bonds. The van der Waals surface area contributed by atoms with E-state index in [0.717, 1.165) is 5.75 Å². The van der Waals surface area contributed by atoms with Crippen LogP contribution in [0.1, 0.15) is 15.9 Å². The minimum atomic E-state index is -0.246. The predicted molar refractivity (Wildman–Crippen MR) is 103 cm³/mol. The Morgan fingerprint density at radius 2 is 1.52 bits per heavy atom. The van der Waals surface area contributed by atoms with E-state index >= 15 is 0 Å². The van der Waals surface area contributed by atoms with E-state index in [-0.39, 0.29) is 5.91 Å². The molecular formula is C22H18N2O3. The summed E-state index contributed by atoms with van der Waals surface area (Å²) >= 11 is 0. The first-order chi connectivity index (χ1) is 13.2. The van der Waals surface area contributed by atoms with Crippen LogP contribution in [0.3, 0.4) is 0 Å². The SMILES string of the molecule is N#Cc1cccc(NC(=O)c2ccc(OCCOc3ccccc3)cc2)c1. The maximum Gasteiger partial charge on any atom is 0.255 e. The van der Waals surface area contributed by atoms with E-state index in [2.05, 4.69) is 5.32 Å². The Kier molecular flexibility index (Phi) is 6.05. The van der Waals surface area contributed by atoms with Gasteiger partial charge in [0, 0.05) is 11.3 Å². The fraction of sp³-hybridized carbons (Fsp3) is 0.0909. The van der Waals surface area contributed by atoms with Gasteiger partial charge in [0.1, 0.15) is 24.7 Å². The largest absolute Gasteiger partial charge is 0.490 e. The zero-order valence-electron chi connectivity index (χ0n) is 14.6. The average Bonchev–Trinajstić information content (AvgIpc) is 2.72. The molecule has 5 heteroatoms. The van der Waals surface area contributed by atoms with Gasteiger partial charge in [-0.05, 0) is 54.6 Å². The lowest BCUT2D eigenvalue weighted by molar-refractivity contribution is 0.102. The maximum absolute atomic E-state index is 12.3. The summed E-state index contributed by atoms with van der Waals surface area (Å²) in [6.45, 7) is 0.836. The fourth-order valence-electron chi connectivity index (χ4n) is 2.41. The summed E-state index contributed by atoms with van der Waals surface area (Å²) in [5, 5.41) is 11.7. The molecule has 0 fully saturated rings. The molecule has 0 aliphatic heterocycles. The van der Waals surface area contributed by atoms with Crippen LogP contribution < -0.4 is 14.8 Å². The second-order valence-electron chi connectivity index (χ2n) is 5.68. The zero-order chi connectivity index (χ0) is 18.9. The van der Waals surface area contributed by atoms with Gasteiger partial charge >= 0.3 is 0 Å². The standard InChI is InChI=1S/C22H18N2O3/c23-16-17-5-4-6-19(15-17)24-22(25)18-9-11-21(12-10-18)27-14-13-26-20-7-2-1-3-8-20/h1-12,15H,13-14H2,(H,24,25). The van der Waals surface area contributed by atoms with Gasteiger partial charge in [-0.3, -0.25) is 4.79 Å². The molecule has 0 spiro atoms. The Hall–Kier alpha value is -3.78. The van der Waals surface area contributed by atoms with Crippen molar-refractivity contribution >= 4 is 11.6 Å². The lowest BCUT2D eigenvalue weighted by Crippen LogP contribution is -2.12. The fourth-order valence-corrected chi connectivity index (χ4v) is 2.41. The van der Waals surface area contributed by atoms with Crippen LogP contribution in [-0.2, 0) is 0 Å². The smallest absolute Gasteiger partial charge is 0.255 e. The van der Waals surface area contributed by atoms with Gasteiger partial charge in [-0.2, -0.15) is 5.26 Å². The molecule has 27 heavy (non-hydrogen) atoms. The number of para-hydroxylation sites is 1. The van der Waals surface area contributed by atoms with Crippen LogP contribution >= 0.6 is 0 Å². The molecule has 0 unspecified atom stereocenters. The van der Waals surface area contributed by atoms with Gasteiger partial charge in [-0.25, -0.2) is 0 Å². The van der Waals surface area contributed by atoms with Crippen molar-refractivity contribution in [3.05, 3.63) is 90.0 Å². The van der Waals surface area contributed by atoms with Crippen molar-refractivity contribution in [2.45, 2.75) is 0 Å². The van der Waals surface area contributed by atoms with Crippen molar-refractivity contribution in [3.8, 4) is 17.6 Å². The third-order valence-corrected chi connectivity index (χ3v) is 3.73. The van der Waals surface area contributed by atoms with Crippen molar-refractivity contribution in [1.29, 1.82) is 5.26 Å². The van der Waals surface area contributed by atoms with E-state index in [4.69, 9.17) is 14.7 Å². The van der Waals surface area contributed by atoms with Crippen molar-refractivity contribution < 1.29 is 14.3 Å². The molecule has 3 rings (SSSR count). The highest BCUT2D eigenvalue weighted by molar-refractivity contribution is 6.04. The summed E-state index contributed by atoms with van der Waals surface area (Å²) in [4.78, 5) is 12.3. The number of hydrogen-bond donors (Lipinski definition) is 1. The number of carbonyl (C=O) groups excluding carboxylic acids is 1. The van der Waals surface area contributed by atoms with Crippen LogP contribution in [0.15, 0.2) is 78.9 Å². The van der Waals surface area contributed by atoms with Crippen LogP contribution in [0.2, 0.25) is 0 Å². The predicted octanol–water partition coefficient (Wildman–Crippen LogP) is 4.27. The molecule has 0 aromatic heterocycles. The number of nitriles is 1. The van der Waals surface area contributed by atoms with Crippen molar-refractivity contribution in [2.75, 3.05) is 18.5 Å². The molecule has 0 bridgehead atoms. The van der Waals surface area contributed by atoms with Gasteiger partial charge in [-0.1, -0.05) is 24.3 Å². The minimum Gasteiger partial charge on any atom is -0.490 e. The molecule has 0 aliphatic rings. The zero-order valence-corrected chi connectivity index (χ0v) is 14.6. The van der Waals surface area contributed by atoms with Crippen molar-refractivity contribution in [2.24, 2.45) is 0 Å². The number of carbonyl (C=O) groups is 1. The second kappa shape index (κ2) is 9.07. The molecule has 3 aromatic rings. The van der Waals surface area contributed by atoms with Gasteiger partial charge in [0.25, 0.3) is 5.91 Å². The first kappa shape index (κ1) is 18.0. The number of anilines is 1. The first-order valence-corrected chi connectivity index (χ1v) is 8.47. The Morgan fingerprint density at radius 3 is 2.19 bits per heavy atom. The van der Waals surface area contributed by atoms with Gasteiger partial charge in [0.15, 0.2) is 0 Å². The Balaban J connectivity index is 1.49. The summed E-state index contributed by atoms with van der Waals surface area (Å²) in [7, 11) is 0. The number of benzene rings is 3. The lowest BCUT2D eigenvalue weighted by Gasteiger charge is -2.09. The van der Waals surface area contributed by atoms with E-state index in [1.165, 1.54) is 0 Å². The molecule has 0 saturated carbocycles. The number of hydrogen-bond acceptors (Lipinski definition) is 4. The van der Waals surface area contributed by atoms with Gasteiger partial charge < -0.3 is 14.8 Å². The summed E-state index contributed by atoms with van der Waals surface area (Å²) in [5.74, 6) is 1.22. The number of ether oxygens (including phenoxy) is 2. The van der Waals surface area contributed by atoms with Crippen molar-refractivity contribution in [3.63, 3.8) is 0 Å². The molecule has 134 valence electrons. The van der Waals surface area contributed by atoms with Crippen LogP contribution in [-0.4, -0.2) is 19.1 Å². The third kappa shape index (κ3) is 5.35. The number of rotatable bonds is 7. The molecule has 1 N–H and O–H groups in total. The van der Waals surface area contributed by atoms with Crippen LogP contribution in [0, 0.1) is 11.3 Å². The average molecular weight is 358 g/mol. The van der Waals surface area contributed by atoms with E-state index in [9.17, 15) is 4.79 Å². The lowest BCUT2D eigenvalue weighted by atomic mass is 10.2. The molecule has 0 radical (unpaired) electrons. The summed E-state index contributed by atoms with van der Waals surface area (Å²) in [5.41, 5.74) is 1.58. The highest BCUT2D eigenvalue weighted by Crippen LogP contribution is 2.15. The van der Waals surface area contributed by atoms with Crippen LogP contribution in [0.4, 0.5) is 5.69 Å². The molecule has 3 aromatic carbocycles. The van der Waals surface area contributed by atoms with Crippen LogP contribution in [0.25, 0.3) is 0 Å². The van der Waals surface area contributed by atoms with Gasteiger partial charge in [0.2, 0.25) is 0 Å². The van der Waals surface area contributed by atoms with Crippen molar-refractivity contribution in [1.82, 2.24) is 0 Å². The third-order valence-electron chi connectivity index (χ3n) is 3.73. The van der Waals surface area contributed by atoms with E-state index in [1.807, 2.05) is 36.4 Å².